The fourth-order valence-electron chi connectivity index (χ4n) is 6.73. The molecule has 6 heteroatoms. The van der Waals surface area contributed by atoms with E-state index in [0.29, 0.717) is 11.3 Å². The Hall–Kier alpha value is -7.41. The van der Waals surface area contributed by atoms with Crippen molar-refractivity contribution in [2.45, 2.75) is 0 Å². The highest BCUT2D eigenvalue weighted by atomic mass is 32.1. The Kier molecular flexibility index (Phi) is 3.08. The molecule has 0 aliphatic rings. The highest BCUT2D eigenvalue weighted by Gasteiger charge is 2.23. The Morgan fingerprint density at radius 3 is 1.89 bits per heavy atom. The lowest BCUT2D eigenvalue weighted by molar-refractivity contribution is 0.954. The molecule has 0 amide bonds. The van der Waals surface area contributed by atoms with Crippen LogP contribution in [0.25, 0.3) is 109 Å². The van der Waals surface area contributed by atoms with Gasteiger partial charge in [-0.25, -0.2) is 4.98 Å². The molecule has 0 aliphatic heterocycles. The standard InChI is InChI=1S/C51H31N5S/c1-3-15-32(16-4-1)33-17-13-18-34(31-33)49-52-50(41-25-14-24-39-37-22-9-12-28-45(37)57-48(39)41)54-51(53-49)56-43-27-11-8-23-40(43)46-44(56)30-29-38-36-21-7-10-26-42(36)55(47(38)46)35-19-5-2-6-20-35/h1-31H/i1D,2D,3D,4D,5D,6D,7D,8D,9D,10D,11D,12D,13D,14D,15D,16D,17D,18D,19D,20D,21D,22D,23D,24D,25D,26D,27D,28D,29D,30D,31D. The van der Waals surface area contributed by atoms with Gasteiger partial charge in [0.1, 0.15) is 0 Å². The third-order valence-electron chi connectivity index (χ3n) is 9.04. The third-order valence-corrected chi connectivity index (χ3v) is 10.2. The zero-order valence-corrected chi connectivity index (χ0v) is 29.0. The van der Waals surface area contributed by atoms with Gasteiger partial charge in [-0.2, -0.15) is 9.97 Å². The van der Waals surface area contributed by atoms with E-state index in [-0.39, 0.29) is 20.2 Å². The summed E-state index contributed by atoms with van der Waals surface area (Å²) in [5.41, 5.74) is -6.56. The lowest BCUT2D eigenvalue weighted by atomic mass is 10.0. The van der Waals surface area contributed by atoms with Gasteiger partial charge >= 0.3 is 0 Å². The van der Waals surface area contributed by atoms with Crippen LogP contribution in [0.5, 0.6) is 0 Å². The molecule has 0 unspecified atom stereocenters. The topological polar surface area (TPSA) is 48.5 Å². The van der Waals surface area contributed by atoms with E-state index >= 15 is 0 Å². The van der Waals surface area contributed by atoms with Crippen LogP contribution < -0.4 is 0 Å². The molecule has 0 spiro atoms. The number of benzene rings is 8. The van der Waals surface area contributed by atoms with Crippen molar-refractivity contribution in [3.05, 3.63) is 187 Å². The molecule has 0 N–H and O–H groups in total. The van der Waals surface area contributed by atoms with Crippen molar-refractivity contribution in [2.24, 2.45) is 0 Å². The zero-order valence-electron chi connectivity index (χ0n) is 59.1. The molecule has 0 aliphatic carbocycles. The van der Waals surface area contributed by atoms with E-state index in [1.54, 1.807) is 0 Å². The predicted molar refractivity (Wildman–Crippen MR) is 238 cm³/mol. The summed E-state index contributed by atoms with van der Waals surface area (Å²) < 4.78 is 281. The van der Waals surface area contributed by atoms with E-state index < -0.39 is 276 Å². The van der Waals surface area contributed by atoms with Gasteiger partial charge < -0.3 is 4.57 Å². The SMILES string of the molecule is [2H]c1c([2H])c([2H])c(-c2c([2H])c([2H])c([2H])c(-c3nc(-c4c([2H])c([2H])c([2H])c5c4sc4c([2H])c([2H])c([2H])c([2H])c45)nc(-n4c5c([2H])c([2H])c([2H])c([2H])c5c5c4c([2H])c([2H])c4c6c([2H])c([2H])c([2H])c([2H])c6n(-c6c([2H])c([2H])c([2H])c([2H])c6[2H])c45)n3)c2[2H])c([2H])c1[2H]. The molecule has 12 aromatic rings. The molecule has 0 fully saturated rings. The molecule has 5 nitrogen and oxygen atoms in total. The first-order valence-corrected chi connectivity index (χ1v) is 17.4. The maximum absolute atomic E-state index is 9.95. The predicted octanol–water partition coefficient (Wildman–Crippen LogP) is 13.4. The van der Waals surface area contributed by atoms with E-state index in [0.717, 1.165) is 9.13 Å². The molecule has 57 heavy (non-hydrogen) atoms. The summed E-state index contributed by atoms with van der Waals surface area (Å²) in [6, 6.07) is -28.2. The minimum atomic E-state index is -1.06. The number of hydrogen-bond acceptors (Lipinski definition) is 4. The molecule has 12 rings (SSSR count). The average molecular weight is 777 g/mol. The second-order valence-electron chi connectivity index (χ2n) is 12.1. The number of thiophene rings is 1. The van der Waals surface area contributed by atoms with Crippen molar-refractivity contribution < 1.29 is 42.5 Å². The Balaban J connectivity index is 1.37. The maximum Gasteiger partial charge on any atom is 0.238 e. The number of aromatic nitrogens is 5. The van der Waals surface area contributed by atoms with Crippen LogP contribution in [0.2, 0.25) is 0 Å². The van der Waals surface area contributed by atoms with Crippen LogP contribution in [0, 0.1) is 0 Å². The van der Waals surface area contributed by atoms with E-state index in [1.165, 1.54) is 0 Å². The van der Waals surface area contributed by atoms with Crippen LogP contribution in [0.3, 0.4) is 0 Å². The van der Waals surface area contributed by atoms with Crippen LogP contribution in [-0.2, 0) is 0 Å². The summed E-state index contributed by atoms with van der Waals surface area (Å²) in [6.45, 7) is 0. The van der Waals surface area contributed by atoms with Crippen LogP contribution >= 0.6 is 11.3 Å². The number of nitrogens with zero attached hydrogens (tertiary/aromatic N) is 5. The van der Waals surface area contributed by atoms with Gasteiger partial charge in [0.05, 0.1) is 64.6 Å². The average Bonchev–Trinajstić information content (AvgIpc) is 1.51. The summed E-state index contributed by atoms with van der Waals surface area (Å²) in [6.07, 6.45) is 0. The van der Waals surface area contributed by atoms with Crippen molar-refractivity contribution in [2.75, 3.05) is 0 Å². The second kappa shape index (κ2) is 12.6. The van der Waals surface area contributed by atoms with E-state index in [9.17, 15) is 15.1 Å². The largest absolute Gasteiger partial charge is 0.309 e. The fraction of sp³-hybridized carbons (Fsp3) is 0. The van der Waals surface area contributed by atoms with E-state index in [2.05, 4.69) is 15.0 Å². The molecule has 0 bridgehead atoms. The van der Waals surface area contributed by atoms with Gasteiger partial charge in [-0.05, 0) is 59.5 Å². The van der Waals surface area contributed by atoms with Crippen LogP contribution in [0.15, 0.2) is 187 Å². The molecular weight excluding hydrogens is 715 g/mol. The van der Waals surface area contributed by atoms with Crippen molar-refractivity contribution in [3.63, 3.8) is 0 Å². The van der Waals surface area contributed by atoms with E-state index in [1.807, 2.05) is 0 Å². The molecular formula is C51H31N5S. The normalized spacial score (nSPS) is 19.5. The van der Waals surface area contributed by atoms with Crippen molar-refractivity contribution in [1.82, 2.24) is 24.1 Å². The summed E-state index contributed by atoms with van der Waals surface area (Å²) in [4.78, 5) is 13.9. The Bertz CT molecular complexity index is 5300. The smallest absolute Gasteiger partial charge is 0.238 e. The van der Waals surface area contributed by atoms with Gasteiger partial charge in [0.15, 0.2) is 11.6 Å². The highest BCUT2D eigenvalue weighted by Crippen LogP contribution is 2.43. The first-order valence-electron chi connectivity index (χ1n) is 32.1. The molecule has 4 aromatic heterocycles. The lowest BCUT2D eigenvalue weighted by Gasteiger charge is -2.12. The molecule has 0 saturated heterocycles. The fourth-order valence-corrected chi connectivity index (χ4v) is 7.79. The van der Waals surface area contributed by atoms with Crippen LogP contribution in [0.1, 0.15) is 42.5 Å². The van der Waals surface area contributed by atoms with Crippen molar-refractivity contribution in [1.29, 1.82) is 0 Å². The van der Waals surface area contributed by atoms with Gasteiger partial charge in [0, 0.05) is 58.5 Å². The van der Waals surface area contributed by atoms with Crippen LogP contribution in [0.4, 0.5) is 0 Å². The number of rotatable bonds is 5. The van der Waals surface area contributed by atoms with Gasteiger partial charge in [0.25, 0.3) is 0 Å². The Morgan fingerprint density at radius 1 is 0.421 bits per heavy atom. The number of para-hydroxylation sites is 3. The minimum Gasteiger partial charge on any atom is -0.309 e. The molecule has 0 radical (unpaired) electrons. The quantitative estimate of drug-likeness (QED) is 0.175. The zero-order chi connectivity index (χ0) is 64.4. The third kappa shape index (κ3) is 4.91. The first-order chi connectivity index (χ1) is 41.2. The second-order valence-corrected chi connectivity index (χ2v) is 13.1. The Labute approximate surface area is 374 Å². The minimum absolute atomic E-state index is 0.189. The summed E-state index contributed by atoms with van der Waals surface area (Å²) in [7, 11) is 0. The molecule has 0 atom stereocenters. The van der Waals surface area contributed by atoms with Crippen molar-refractivity contribution >= 4 is 75.1 Å². The van der Waals surface area contributed by atoms with Crippen LogP contribution in [-0.4, -0.2) is 24.1 Å². The van der Waals surface area contributed by atoms with Gasteiger partial charge in [-0.3, -0.25) is 4.57 Å². The number of fused-ring (bicyclic) bond motifs is 10. The van der Waals surface area contributed by atoms with Crippen molar-refractivity contribution in [3.8, 4) is 45.5 Å². The maximum atomic E-state index is 9.95. The molecule has 4 heterocycles. The van der Waals surface area contributed by atoms with E-state index in [4.69, 9.17) is 27.4 Å². The Morgan fingerprint density at radius 2 is 1.05 bits per heavy atom. The molecule has 8 aromatic carbocycles. The molecule has 266 valence electrons. The monoisotopic (exact) mass is 776 g/mol. The summed E-state index contributed by atoms with van der Waals surface area (Å²) in [5.74, 6) is -2.75. The highest BCUT2D eigenvalue weighted by molar-refractivity contribution is 7.26. The first kappa shape index (κ1) is 14.0. The van der Waals surface area contributed by atoms with Gasteiger partial charge in [-0.15, -0.1) is 11.3 Å². The molecule has 0 saturated carbocycles. The lowest BCUT2D eigenvalue weighted by Crippen LogP contribution is -2.06. The number of hydrogen-bond donors (Lipinski definition) is 0. The van der Waals surface area contributed by atoms with Gasteiger partial charge in [0.2, 0.25) is 5.95 Å². The summed E-state index contributed by atoms with van der Waals surface area (Å²) >= 11 is 0.589. The summed E-state index contributed by atoms with van der Waals surface area (Å²) in [5, 5.41) is -2.94. The van der Waals surface area contributed by atoms with Gasteiger partial charge in [-0.1, -0.05) is 139 Å².